The number of hydrogen-bond acceptors (Lipinski definition) is 4. The first-order valence-corrected chi connectivity index (χ1v) is 8.04. The van der Waals surface area contributed by atoms with Gasteiger partial charge in [0.25, 0.3) is 0 Å². The normalized spacial score (nSPS) is 11.6. The molecule has 0 radical (unpaired) electrons. The van der Waals surface area contributed by atoms with Gasteiger partial charge in [0.15, 0.2) is 0 Å². The molecule has 0 saturated carbocycles. The standard InChI is InChI=1S/C18H28N2O4/c1-7-23-16(22)20-14-10-8-13(9-11-14)18(5,6)12-19-15(21)24-17(2,3)4/h8-11H,7,12H2,1-6H3,(H,19,21)(H,20,22). The summed E-state index contributed by atoms with van der Waals surface area (Å²) in [5, 5.41) is 5.44. The number of amides is 2. The fourth-order valence-electron chi connectivity index (χ4n) is 2.00. The van der Waals surface area contributed by atoms with Crippen LogP contribution in [-0.4, -0.2) is 30.9 Å². The monoisotopic (exact) mass is 336 g/mol. The third kappa shape index (κ3) is 6.89. The van der Waals surface area contributed by atoms with E-state index in [0.717, 1.165) is 5.56 Å². The summed E-state index contributed by atoms with van der Waals surface area (Å²) in [5.74, 6) is 0. The number of alkyl carbamates (subject to hydrolysis) is 1. The minimum atomic E-state index is -0.519. The Labute approximate surface area is 143 Å². The van der Waals surface area contributed by atoms with Crippen LogP contribution in [-0.2, 0) is 14.9 Å². The van der Waals surface area contributed by atoms with Gasteiger partial charge < -0.3 is 14.8 Å². The van der Waals surface area contributed by atoms with Crippen LogP contribution in [0, 0.1) is 0 Å². The zero-order valence-electron chi connectivity index (χ0n) is 15.4. The van der Waals surface area contributed by atoms with E-state index in [4.69, 9.17) is 9.47 Å². The lowest BCUT2D eigenvalue weighted by Crippen LogP contribution is -2.39. The molecule has 0 spiro atoms. The van der Waals surface area contributed by atoms with E-state index in [0.29, 0.717) is 18.8 Å². The number of hydrogen-bond donors (Lipinski definition) is 2. The number of carbonyl (C=O) groups excluding carboxylic acids is 2. The van der Waals surface area contributed by atoms with E-state index < -0.39 is 17.8 Å². The van der Waals surface area contributed by atoms with Gasteiger partial charge in [0.2, 0.25) is 0 Å². The molecule has 1 aromatic rings. The largest absolute Gasteiger partial charge is 0.450 e. The predicted octanol–water partition coefficient (Wildman–Crippen LogP) is 4.06. The predicted molar refractivity (Wildman–Crippen MR) is 94.3 cm³/mol. The Bertz CT molecular complexity index is 559. The van der Waals surface area contributed by atoms with Gasteiger partial charge in [0.05, 0.1) is 6.61 Å². The number of anilines is 1. The van der Waals surface area contributed by atoms with Crippen molar-refractivity contribution in [2.45, 2.75) is 52.6 Å². The Morgan fingerprint density at radius 1 is 1.00 bits per heavy atom. The van der Waals surface area contributed by atoms with Gasteiger partial charge >= 0.3 is 12.2 Å². The number of ether oxygens (including phenoxy) is 2. The first-order chi connectivity index (χ1) is 11.0. The van der Waals surface area contributed by atoms with Gasteiger partial charge in [0, 0.05) is 17.6 Å². The van der Waals surface area contributed by atoms with Gasteiger partial charge in [-0.25, -0.2) is 9.59 Å². The molecule has 2 N–H and O–H groups in total. The summed E-state index contributed by atoms with van der Waals surface area (Å²) in [6, 6.07) is 7.44. The van der Waals surface area contributed by atoms with Gasteiger partial charge in [0.1, 0.15) is 5.60 Å². The van der Waals surface area contributed by atoms with Crippen LogP contribution in [0.1, 0.15) is 47.1 Å². The van der Waals surface area contributed by atoms with Crippen molar-refractivity contribution >= 4 is 17.9 Å². The highest BCUT2D eigenvalue weighted by atomic mass is 16.6. The Kier molecular flexibility index (Phi) is 6.63. The second-order valence-electron chi connectivity index (χ2n) is 7.16. The van der Waals surface area contributed by atoms with Crippen LogP contribution in [0.3, 0.4) is 0 Å². The molecule has 0 atom stereocenters. The Balaban J connectivity index is 2.63. The van der Waals surface area contributed by atoms with Gasteiger partial charge in [-0.05, 0) is 45.4 Å². The highest BCUT2D eigenvalue weighted by Crippen LogP contribution is 2.24. The minimum Gasteiger partial charge on any atom is -0.450 e. The molecule has 1 rings (SSSR count). The van der Waals surface area contributed by atoms with Crippen molar-refractivity contribution in [3.05, 3.63) is 29.8 Å². The van der Waals surface area contributed by atoms with Crippen molar-refractivity contribution in [2.24, 2.45) is 0 Å². The van der Waals surface area contributed by atoms with Gasteiger partial charge in [-0.1, -0.05) is 26.0 Å². The molecule has 0 fully saturated rings. The molecule has 134 valence electrons. The summed E-state index contributed by atoms with van der Waals surface area (Å²) in [4.78, 5) is 23.2. The van der Waals surface area contributed by atoms with Crippen LogP contribution in [0.2, 0.25) is 0 Å². The first kappa shape index (κ1) is 19.8. The SMILES string of the molecule is CCOC(=O)Nc1ccc(C(C)(C)CNC(=O)OC(C)(C)C)cc1. The summed E-state index contributed by atoms with van der Waals surface area (Å²) >= 11 is 0. The first-order valence-electron chi connectivity index (χ1n) is 8.04. The van der Waals surface area contributed by atoms with Crippen LogP contribution in [0.25, 0.3) is 0 Å². The molecule has 0 saturated heterocycles. The molecule has 0 bridgehead atoms. The maximum Gasteiger partial charge on any atom is 0.411 e. The maximum absolute atomic E-state index is 11.8. The lowest BCUT2D eigenvalue weighted by molar-refractivity contribution is 0.0517. The van der Waals surface area contributed by atoms with Crippen molar-refractivity contribution in [2.75, 3.05) is 18.5 Å². The number of benzene rings is 1. The minimum absolute atomic E-state index is 0.278. The van der Waals surface area contributed by atoms with E-state index >= 15 is 0 Å². The second kappa shape index (κ2) is 8.04. The van der Waals surface area contributed by atoms with Gasteiger partial charge in [-0.2, -0.15) is 0 Å². The van der Waals surface area contributed by atoms with Crippen LogP contribution < -0.4 is 10.6 Å². The van der Waals surface area contributed by atoms with Crippen molar-refractivity contribution in [1.82, 2.24) is 5.32 Å². The van der Waals surface area contributed by atoms with Crippen molar-refractivity contribution in [1.29, 1.82) is 0 Å². The van der Waals surface area contributed by atoms with Crippen LogP contribution >= 0.6 is 0 Å². The van der Waals surface area contributed by atoms with E-state index in [-0.39, 0.29) is 5.41 Å². The third-order valence-corrected chi connectivity index (χ3v) is 3.26. The van der Waals surface area contributed by atoms with Crippen LogP contribution in [0.5, 0.6) is 0 Å². The molecule has 2 amide bonds. The lowest BCUT2D eigenvalue weighted by Gasteiger charge is -2.27. The molecule has 6 heteroatoms. The molecule has 0 aliphatic rings. The molecular weight excluding hydrogens is 308 g/mol. The molecule has 0 aliphatic heterocycles. The fourth-order valence-corrected chi connectivity index (χ4v) is 2.00. The third-order valence-electron chi connectivity index (χ3n) is 3.26. The molecular formula is C18H28N2O4. The zero-order valence-corrected chi connectivity index (χ0v) is 15.4. The highest BCUT2D eigenvalue weighted by Gasteiger charge is 2.23. The van der Waals surface area contributed by atoms with E-state index in [9.17, 15) is 9.59 Å². The molecule has 6 nitrogen and oxygen atoms in total. The average molecular weight is 336 g/mol. The molecule has 0 unspecified atom stereocenters. The zero-order chi connectivity index (χ0) is 18.4. The van der Waals surface area contributed by atoms with Gasteiger partial charge in [-0.3, -0.25) is 5.32 Å². The number of nitrogens with one attached hydrogen (secondary N) is 2. The number of rotatable bonds is 5. The summed E-state index contributed by atoms with van der Waals surface area (Å²) in [6.07, 6.45) is -0.910. The van der Waals surface area contributed by atoms with E-state index in [1.807, 2.05) is 58.9 Å². The van der Waals surface area contributed by atoms with Crippen molar-refractivity contribution in [3.63, 3.8) is 0 Å². The molecule has 0 aliphatic carbocycles. The highest BCUT2D eigenvalue weighted by molar-refractivity contribution is 5.84. The topological polar surface area (TPSA) is 76.7 Å². The summed E-state index contributed by atoms with van der Waals surface area (Å²) in [6.45, 7) is 12.0. The maximum atomic E-state index is 11.8. The van der Waals surface area contributed by atoms with Crippen LogP contribution in [0.15, 0.2) is 24.3 Å². The molecule has 0 aromatic heterocycles. The van der Waals surface area contributed by atoms with Crippen molar-refractivity contribution in [3.8, 4) is 0 Å². The van der Waals surface area contributed by atoms with E-state index in [1.165, 1.54) is 0 Å². The second-order valence-corrected chi connectivity index (χ2v) is 7.16. The average Bonchev–Trinajstić information content (AvgIpc) is 2.44. The Morgan fingerprint density at radius 2 is 1.58 bits per heavy atom. The number of carbonyl (C=O) groups is 2. The molecule has 1 aromatic carbocycles. The van der Waals surface area contributed by atoms with E-state index in [2.05, 4.69) is 10.6 Å². The quantitative estimate of drug-likeness (QED) is 0.850. The summed E-state index contributed by atoms with van der Waals surface area (Å²) in [5.41, 5.74) is 0.898. The van der Waals surface area contributed by atoms with E-state index in [1.54, 1.807) is 6.92 Å². The summed E-state index contributed by atoms with van der Waals surface area (Å²) in [7, 11) is 0. The van der Waals surface area contributed by atoms with Gasteiger partial charge in [-0.15, -0.1) is 0 Å². The lowest BCUT2D eigenvalue weighted by atomic mass is 9.84. The summed E-state index contributed by atoms with van der Waals surface area (Å²) < 4.78 is 10.1. The fraction of sp³-hybridized carbons (Fsp3) is 0.556. The van der Waals surface area contributed by atoms with Crippen LogP contribution in [0.4, 0.5) is 15.3 Å². The Morgan fingerprint density at radius 3 is 2.08 bits per heavy atom. The Hall–Kier alpha value is -2.24. The molecule has 0 heterocycles. The smallest absolute Gasteiger partial charge is 0.411 e. The molecule has 24 heavy (non-hydrogen) atoms. The van der Waals surface area contributed by atoms with Crippen molar-refractivity contribution < 1.29 is 19.1 Å².